The van der Waals surface area contributed by atoms with Gasteiger partial charge in [0.2, 0.25) is 0 Å². The largest absolute Gasteiger partial charge is 0.381 e. The van der Waals surface area contributed by atoms with Gasteiger partial charge in [0.1, 0.15) is 0 Å². The van der Waals surface area contributed by atoms with Crippen molar-refractivity contribution in [3.8, 4) is 0 Å². The highest BCUT2D eigenvalue weighted by Crippen LogP contribution is 2.26. The molecule has 2 nitrogen and oxygen atoms in total. The fraction of sp³-hybridized carbons (Fsp3) is 1.00. The molecule has 0 aromatic carbocycles. The van der Waals surface area contributed by atoms with Crippen LogP contribution in [-0.2, 0) is 4.74 Å². The summed E-state index contributed by atoms with van der Waals surface area (Å²) < 4.78 is 5.34. The SMILES string of the molecule is C1C[C@@H]([C@@H]2CCOC2)CN1. The third kappa shape index (κ3) is 1.18. The van der Waals surface area contributed by atoms with Gasteiger partial charge in [0.15, 0.2) is 0 Å². The number of ether oxygens (including phenoxy) is 1. The fourth-order valence-corrected chi connectivity index (χ4v) is 2.00. The second-order valence-electron chi connectivity index (χ2n) is 3.38. The van der Waals surface area contributed by atoms with Gasteiger partial charge in [-0.05, 0) is 37.8 Å². The van der Waals surface area contributed by atoms with Crippen LogP contribution in [0.25, 0.3) is 0 Å². The predicted octanol–water partition coefficient (Wildman–Crippen LogP) is 0.632. The number of rotatable bonds is 1. The van der Waals surface area contributed by atoms with E-state index in [-0.39, 0.29) is 0 Å². The molecule has 0 saturated carbocycles. The molecule has 10 heavy (non-hydrogen) atoms. The van der Waals surface area contributed by atoms with Crippen molar-refractivity contribution in [2.75, 3.05) is 26.3 Å². The molecule has 2 aliphatic rings. The molecule has 0 amide bonds. The van der Waals surface area contributed by atoms with Crippen molar-refractivity contribution in [1.29, 1.82) is 0 Å². The monoisotopic (exact) mass is 141 g/mol. The molecule has 0 aromatic rings. The molecule has 2 heterocycles. The maximum Gasteiger partial charge on any atom is 0.0498 e. The third-order valence-electron chi connectivity index (χ3n) is 2.73. The van der Waals surface area contributed by atoms with Crippen molar-refractivity contribution in [2.45, 2.75) is 12.8 Å². The van der Waals surface area contributed by atoms with Crippen LogP contribution in [0.15, 0.2) is 0 Å². The Morgan fingerprint density at radius 1 is 1.20 bits per heavy atom. The first-order valence-electron chi connectivity index (χ1n) is 4.25. The lowest BCUT2D eigenvalue weighted by Gasteiger charge is -2.13. The second kappa shape index (κ2) is 2.89. The Hall–Kier alpha value is -0.0800. The molecule has 0 bridgehead atoms. The average Bonchev–Trinajstić information content (AvgIpc) is 2.59. The maximum absolute atomic E-state index is 5.34. The summed E-state index contributed by atoms with van der Waals surface area (Å²) in [5, 5.41) is 3.39. The molecule has 2 saturated heterocycles. The molecule has 0 spiro atoms. The maximum atomic E-state index is 5.34. The zero-order chi connectivity index (χ0) is 6.81. The molecule has 1 N–H and O–H groups in total. The van der Waals surface area contributed by atoms with Crippen molar-refractivity contribution in [2.24, 2.45) is 11.8 Å². The van der Waals surface area contributed by atoms with E-state index in [0.717, 1.165) is 25.0 Å². The van der Waals surface area contributed by atoms with Gasteiger partial charge in [-0.3, -0.25) is 0 Å². The summed E-state index contributed by atoms with van der Waals surface area (Å²) in [6.07, 6.45) is 2.67. The molecule has 0 unspecified atom stereocenters. The molecule has 2 atom stereocenters. The molecule has 0 aliphatic carbocycles. The lowest BCUT2D eigenvalue weighted by Crippen LogP contribution is -2.17. The first-order valence-corrected chi connectivity index (χ1v) is 4.25. The van der Waals surface area contributed by atoms with Gasteiger partial charge in [-0.25, -0.2) is 0 Å². The minimum atomic E-state index is 0.870. The van der Waals surface area contributed by atoms with Crippen LogP contribution in [0.1, 0.15) is 12.8 Å². The molecule has 58 valence electrons. The van der Waals surface area contributed by atoms with Crippen molar-refractivity contribution >= 4 is 0 Å². The van der Waals surface area contributed by atoms with E-state index in [4.69, 9.17) is 4.74 Å². The number of nitrogens with one attached hydrogen (secondary N) is 1. The van der Waals surface area contributed by atoms with E-state index in [9.17, 15) is 0 Å². The highest BCUT2D eigenvalue weighted by Gasteiger charge is 2.27. The predicted molar refractivity (Wildman–Crippen MR) is 39.9 cm³/mol. The van der Waals surface area contributed by atoms with Crippen LogP contribution in [0.2, 0.25) is 0 Å². The van der Waals surface area contributed by atoms with Gasteiger partial charge >= 0.3 is 0 Å². The molecule has 0 radical (unpaired) electrons. The Bertz CT molecular complexity index is 89.8. The quantitative estimate of drug-likeness (QED) is 0.578. The molecule has 2 fully saturated rings. The van der Waals surface area contributed by atoms with E-state index in [2.05, 4.69) is 5.32 Å². The highest BCUT2D eigenvalue weighted by atomic mass is 16.5. The van der Waals surface area contributed by atoms with E-state index in [1.165, 1.54) is 25.9 Å². The van der Waals surface area contributed by atoms with Crippen molar-refractivity contribution in [1.82, 2.24) is 5.32 Å². The standard InChI is InChI=1S/C8H15NO/c1-3-9-5-7(1)8-2-4-10-6-8/h7-9H,1-6H2/t7-,8-/m1/s1. The lowest BCUT2D eigenvalue weighted by atomic mass is 9.91. The summed E-state index contributed by atoms with van der Waals surface area (Å²) in [7, 11) is 0. The van der Waals surface area contributed by atoms with E-state index in [0.29, 0.717) is 0 Å². The minimum absolute atomic E-state index is 0.870. The van der Waals surface area contributed by atoms with E-state index < -0.39 is 0 Å². The minimum Gasteiger partial charge on any atom is -0.381 e. The summed E-state index contributed by atoms with van der Waals surface area (Å²) in [5.41, 5.74) is 0. The molecular formula is C8H15NO. The van der Waals surface area contributed by atoms with Crippen molar-refractivity contribution in [3.05, 3.63) is 0 Å². The van der Waals surface area contributed by atoms with Crippen molar-refractivity contribution < 1.29 is 4.74 Å². The fourth-order valence-electron chi connectivity index (χ4n) is 2.00. The van der Waals surface area contributed by atoms with Gasteiger partial charge in [0.25, 0.3) is 0 Å². The van der Waals surface area contributed by atoms with Crippen LogP contribution in [0.5, 0.6) is 0 Å². The number of hydrogen-bond donors (Lipinski definition) is 1. The summed E-state index contributed by atoms with van der Waals surface area (Å²) in [4.78, 5) is 0. The Morgan fingerprint density at radius 2 is 2.20 bits per heavy atom. The molecule has 2 rings (SSSR count). The Balaban J connectivity index is 1.85. The van der Waals surface area contributed by atoms with Gasteiger partial charge in [0, 0.05) is 13.2 Å². The Labute approximate surface area is 61.9 Å². The topological polar surface area (TPSA) is 21.3 Å². The zero-order valence-corrected chi connectivity index (χ0v) is 6.31. The summed E-state index contributed by atoms with van der Waals surface area (Å²) >= 11 is 0. The summed E-state index contributed by atoms with van der Waals surface area (Å²) in [6.45, 7) is 4.47. The van der Waals surface area contributed by atoms with Crippen LogP contribution in [0.4, 0.5) is 0 Å². The molecular weight excluding hydrogens is 126 g/mol. The van der Waals surface area contributed by atoms with Crippen LogP contribution >= 0.6 is 0 Å². The normalized spacial score (nSPS) is 40.8. The smallest absolute Gasteiger partial charge is 0.0498 e. The van der Waals surface area contributed by atoms with Gasteiger partial charge in [-0.2, -0.15) is 0 Å². The average molecular weight is 141 g/mol. The van der Waals surface area contributed by atoms with Crippen LogP contribution in [-0.4, -0.2) is 26.3 Å². The lowest BCUT2D eigenvalue weighted by molar-refractivity contribution is 0.174. The van der Waals surface area contributed by atoms with Crippen LogP contribution in [0, 0.1) is 11.8 Å². The Kier molecular flexibility index (Phi) is 1.91. The second-order valence-corrected chi connectivity index (χ2v) is 3.38. The third-order valence-corrected chi connectivity index (χ3v) is 2.73. The van der Waals surface area contributed by atoms with E-state index in [1.807, 2.05) is 0 Å². The van der Waals surface area contributed by atoms with Crippen LogP contribution in [0.3, 0.4) is 0 Å². The molecule has 2 aliphatic heterocycles. The van der Waals surface area contributed by atoms with Crippen molar-refractivity contribution in [3.63, 3.8) is 0 Å². The van der Waals surface area contributed by atoms with Gasteiger partial charge < -0.3 is 10.1 Å². The molecule has 0 aromatic heterocycles. The van der Waals surface area contributed by atoms with E-state index >= 15 is 0 Å². The zero-order valence-electron chi connectivity index (χ0n) is 6.31. The highest BCUT2D eigenvalue weighted by molar-refractivity contribution is 4.80. The van der Waals surface area contributed by atoms with Crippen LogP contribution < -0.4 is 5.32 Å². The first-order chi connectivity index (χ1) is 4.97. The molecule has 2 heteroatoms. The first kappa shape index (κ1) is 6.62. The summed E-state index contributed by atoms with van der Waals surface area (Å²) in [6, 6.07) is 0. The Morgan fingerprint density at radius 3 is 2.80 bits per heavy atom. The van der Waals surface area contributed by atoms with E-state index in [1.54, 1.807) is 0 Å². The van der Waals surface area contributed by atoms with Gasteiger partial charge in [-0.1, -0.05) is 0 Å². The summed E-state index contributed by atoms with van der Waals surface area (Å²) in [5.74, 6) is 1.79. The number of hydrogen-bond acceptors (Lipinski definition) is 2. The van der Waals surface area contributed by atoms with Gasteiger partial charge in [0.05, 0.1) is 0 Å². The van der Waals surface area contributed by atoms with Gasteiger partial charge in [-0.15, -0.1) is 0 Å².